The average Bonchev–Trinajstić information content (AvgIpc) is 3.10. The van der Waals surface area contributed by atoms with Crippen LogP contribution in [0.1, 0.15) is 50.2 Å². The van der Waals surface area contributed by atoms with Crippen LogP contribution in [-0.4, -0.2) is 68.4 Å². The van der Waals surface area contributed by atoms with Crippen LogP contribution in [0.2, 0.25) is 0 Å². The van der Waals surface area contributed by atoms with Gasteiger partial charge < -0.3 is 40.2 Å². The highest BCUT2D eigenvalue weighted by Crippen LogP contribution is 2.41. The van der Waals surface area contributed by atoms with E-state index >= 15 is 0 Å². The lowest BCUT2D eigenvalue weighted by molar-refractivity contribution is -0.137. The highest BCUT2D eigenvalue weighted by atomic mass is 16.5. The van der Waals surface area contributed by atoms with Crippen molar-refractivity contribution in [2.24, 2.45) is 0 Å². The van der Waals surface area contributed by atoms with Gasteiger partial charge in [-0.3, -0.25) is 0 Å². The van der Waals surface area contributed by atoms with Crippen molar-refractivity contribution in [3.8, 4) is 11.5 Å². The molecule has 258 valence electrons. The monoisotopic (exact) mass is 668 g/mol. The molecule has 1 fully saturated rings. The maximum atomic E-state index is 12.8. The fraction of sp³-hybridized carbons (Fsp3) is 0.342. The molecule has 0 unspecified atom stereocenters. The number of carbonyl (C=O) groups excluding carboxylic acids is 3. The quantitative estimate of drug-likeness (QED) is 0.153. The molecule has 2 aliphatic rings. The average molecular weight is 669 g/mol. The Kier molecular flexibility index (Phi) is 11.4. The van der Waals surface area contributed by atoms with Gasteiger partial charge in [-0.25, -0.2) is 14.4 Å². The number of urea groups is 1. The second kappa shape index (κ2) is 15.8. The number of methoxy groups -OCH3 is 2. The van der Waals surface area contributed by atoms with Crippen molar-refractivity contribution >= 4 is 23.7 Å². The molecule has 0 saturated carbocycles. The van der Waals surface area contributed by atoms with Crippen LogP contribution in [0, 0.1) is 0 Å². The van der Waals surface area contributed by atoms with Crippen LogP contribution in [0.15, 0.2) is 101 Å². The number of allylic oxidation sites excluding steroid dienone is 2. The molecule has 0 atom stereocenters. The molecule has 2 aliphatic heterocycles. The van der Waals surface area contributed by atoms with Gasteiger partial charge in [0.05, 0.1) is 36.9 Å². The van der Waals surface area contributed by atoms with Crippen LogP contribution < -0.4 is 20.7 Å². The van der Waals surface area contributed by atoms with Crippen LogP contribution in [0.3, 0.4) is 0 Å². The molecular formula is C38H44N4O7. The lowest BCUT2D eigenvalue weighted by Crippen LogP contribution is -2.43. The molecular weight excluding hydrogens is 624 g/mol. The summed E-state index contributed by atoms with van der Waals surface area (Å²) in [6.07, 6.45) is 1.87. The van der Waals surface area contributed by atoms with Gasteiger partial charge in [0.2, 0.25) is 0 Å². The topological polar surface area (TPSA) is 138 Å². The summed E-state index contributed by atoms with van der Waals surface area (Å²) in [5, 5.41) is 20.5. The number of dihydropyridines is 1. The molecule has 4 N–H and O–H groups in total. The van der Waals surface area contributed by atoms with Gasteiger partial charge >= 0.3 is 18.0 Å². The number of para-hydroxylation sites is 2. The van der Waals surface area contributed by atoms with E-state index in [2.05, 4.69) is 20.9 Å². The molecule has 49 heavy (non-hydrogen) atoms. The van der Waals surface area contributed by atoms with Gasteiger partial charge in [0, 0.05) is 42.3 Å². The minimum absolute atomic E-state index is 0.288. The summed E-state index contributed by atoms with van der Waals surface area (Å²) in [6, 6.07) is 23.9. The SMILES string of the molecule is COC(=O)C1=C(C)NC(C)=C(C(=O)OC)C1c1cccc(NC(=O)NCCCN2CCC(O)(c3ccccc3Oc3ccccc3)CC2)c1. The highest BCUT2D eigenvalue weighted by Gasteiger charge is 2.38. The number of hydrogen-bond donors (Lipinski definition) is 4. The number of anilines is 1. The van der Waals surface area contributed by atoms with Crippen molar-refractivity contribution in [1.82, 2.24) is 15.5 Å². The third-order valence-corrected chi connectivity index (χ3v) is 9.03. The van der Waals surface area contributed by atoms with Crippen LogP contribution >= 0.6 is 0 Å². The summed E-state index contributed by atoms with van der Waals surface area (Å²) in [5.41, 5.74) is 2.65. The second-order valence-electron chi connectivity index (χ2n) is 12.3. The molecule has 0 radical (unpaired) electrons. The maximum Gasteiger partial charge on any atom is 0.336 e. The van der Waals surface area contributed by atoms with Crippen LogP contribution in [0.4, 0.5) is 10.5 Å². The third kappa shape index (κ3) is 8.30. The van der Waals surface area contributed by atoms with E-state index < -0.39 is 23.5 Å². The van der Waals surface area contributed by atoms with Crippen molar-refractivity contribution in [3.05, 3.63) is 113 Å². The van der Waals surface area contributed by atoms with E-state index in [0.29, 0.717) is 47.8 Å². The fourth-order valence-electron chi connectivity index (χ4n) is 6.54. The predicted octanol–water partition coefficient (Wildman–Crippen LogP) is 5.55. The Hall–Kier alpha value is -5.13. The Morgan fingerprint density at radius 2 is 1.51 bits per heavy atom. The van der Waals surface area contributed by atoms with Gasteiger partial charge in [-0.2, -0.15) is 0 Å². The first kappa shape index (κ1) is 35.2. The molecule has 11 nitrogen and oxygen atoms in total. The summed E-state index contributed by atoms with van der Waals surface area (Å²) in [5.74, 6) is -0.507. The smallest absolute Gasteiger partial charge is 0.336 e. The minimum atomic E-state index is -0.985. The number of carbonyl (C=O) groups is 3. The fourth-order valence-corrected chi connectivity index (χ4v) is 6.54. The standard InChI is InChI=1S/C38H44N4O7/c1-25-32(35(43)47-3)34(33(26(2)40-25)36(44)48-4)27-12-10-13-28(24-27)41-37(45)39-20-11-21-42-22-18-38(46,19-23-42)30-16-8-9-17-31(30)49-29-14-6-5-7-15-29/h5-10,12-17,24,34,40,46H,11,18-23H2,1-4H3,(H2,39,41,45). The zero-order valence-corrected chi connectivity index (χ0v) is 28.4. The summed E-state index contributed by atoms with van der Waals surface area (Å²) >= 11 is 0. The normalized spacial score (nSPS) is 16.4. The van der Waals surface area contributed by atoms with E-state index in [1.165, 1.54) is 14.2 Å². The van der Waals surface area contributed by atoms with Crippen molar-refractivity contribution in [3.63, 3.8) is 0 Å². The molecule has 0 spiro atoms. The zero-order chi connectivity index (χ0) is 35.0. The molecule has 0 aromatic heterocycles. The van der Waals surface area contributed by atoms with Crippen LogP contribution in [0.5, 0.6) is 11.5 Å². The van der Waals surface area contributed by atoms with Gasteiger partial charge in [-0.1, -0.05) is 48.5 Å². The van der Waals surface area contributed by atoms with E-state index in [4.69, 9.17) is 14.2 Å². The van der Waals surface area contributed by atoms with Gasteiger partial charge in [0.15, 0.2) is 0 Å². The molecule has 2 heterocycles. The van der Waals surface area contributed by atoms with Crippen molar-refractivity contribution in [2.45, 2.75) is 44.6 Å². The van der Waals surface area contributed by atoms with Gasteiger partial charge in [-0.15, -0.1) is 0 Å². The third-order valence-electron chi connectivity index (χ3n) is 9.03. The van der Waals surface area contributed by atoms with E-state index in [0.717, 1.165) is 37.4 Å². The summed E-state index contributed by atoms with van der Waals surface area (Å²) in [7, 11) is 2.58. The zero-order valence-electron chi connectivity index (χ0n) is 28.4. The molecule has 5 rings (SSSR count). The number of hydrogen-bond acceptors (Lipinski definition) is 9. The van der Waals surface area contributed by atoms with Crippen molar-refractivity contribution < 1.29 is 33.7 Å². The lowest BCUT2D eigenvalue weighted by atomic mass is 9.80. The Morgan fingerprint density at radius 1 is 0.878 bits per heavy atom. The number of nitrogens with one attached hydrogen (secondary N) is 3. The van der Waals surface area contributed by atoms with Crippen LogP contribution in [-0.2, 0) is 24.7 Å². The maximum absolute atomic E-state index is 12.8. The predicted molar refractivity (Wildman–Crippen MR) is 186 cm³/mol. The number of aliphatic hydroxyl groups is 1. The number of nitrogens with zero attached hydrogens (tertiary/aromatic N) is 1. The Morgan fingerprint density at radius 3 is 2.16 bits per heavy atom. The first-order valence-corrected chi connectivity index (χ1v) is 16.4. The number of ether oxygens (including phenoxy) is 3. The summed E-state index contributed by atoms with van der Waals surface area (Å²) < 4.78 is 16.2. The molecule has 11 heteroatoms. The number of rotatable bonds is 11. The summed E-state index contributed by atoms with van der Waals surface area (Å²) in [4.78, 5) is 40.8. The van der Waals surface area contributed by atoms with Crippen molar-refractivity contribution in [1.29, 1.82) is 0 Å². The van der Waals surface area contributed by atoms with Gasteiger partial charge in [0.1, 0.15) is 11.5 Å². The lowest BCUT2D eigenvalue weighted by Gasteiger charge is -2.39. The Balaban J connectivity index is 1.14. The number of likely N-dealkylation sites (tertiary alicyclic amines) is 1. The van der Waals surface area contributed by atoms with Gasteiger partial charge in [0.25, 0.3) is 0 Å². The molecule has 0 aliphatic carbocycles. The Bertz CT molecular complexity index is 1690. The highest BCUT2D eigenvalue weighted by molar-refractivity contribution is 6.00. The first-order chi connectivity index (χ1) is 23.6. The van der Waals surface area contributed by atoms with E-state index in [9.17, 15) is 19.5 Å². The molecule has 0 bridgehead atoms. The molecule has 1 saturated heterocycles. The number of amides is 2. The Labute approximate surface area is 286 Å². The summed E-state index contributed by atoms with van der Waals surface area (Å²) in [6.45, 7) is 6.16. The molecule has 3 aromatic carbocycles. The first-order valence-electron chi connectivity index (χ1n) is 16.4. The van der Waals surface area contributed by atoms with E-state index in [1.807, 2.05) is 54.6 Å². The van der Waals surface area contributed by atoms with E-state index in [-0.39, 0.29) is 17.2 Å². The largest absolute Gasteiger partial charge is 0.466 e. The number of benzene rings is 3. The second-order valence-corrected chi connectivity index (χ2v) is 12.3. The van der Waals surface area contributed by atoms with Gasteiger partial charge in [-0.05, 0) is 75.5 Å². The van der Waals surface area contributed by atoms with Crippen LogP contribution in [0.25, 0.3) is 0 Å². The molecule has 2 amide bonds. The van der Waals surface area contributed by atoms with E-state index in [1.54, 1.807) is 38.1 Å². The number of piperidine rings is 1. The van der Waals surface area contributed by atoms with Crippen molar-refractivity contribution in [2.75, 3.05) is 45.7 Å². The molecule has 3 aromatic rings. The number of esters is 2. The minimum Gasteiger partial charge on any atom is -0.466 e.